The number of aliphatic carboxylic acids is 1. The number of carbonyl (C=O) groups is 1. The van der Waals surface area contributed by atoms with Crippen molar-refractivity contribution in [2.24, 2.45) is 0 Å². The molecule has 1 aliphatic heterocycles. The van der Waals surface area contributed by atoms with E-state index in [9.17, 15) is 9.90 Å². The molecule has 1 aliphatic rings. The van der Waals surface area contributed by atoms with E-state index in [2.05, 4.69) is 6.58 Å². The van der Waals surface area contributed by atoms with Crippen LogP contribution in [0.4, 0.5) is 0 Å². The normalized spacial score (nSPS) is 29.1. The number of nitrogens with zero attached hydrogens (tertiary/aromatic N) is 1. The minimum Gasteiger partial charge on any atom is -0.478 e. The zero-order chi connectivity index (χ0) is 10.1. The van der Waals surface area contributed by atoms with E-state index in [1.807, 2.05) is 4.90 Å². The number of hydrogen-bond acceptors (Lipinski definition) is 3. The number of aliphatic hydroxyl groups is 1. The molecule has 74 valence electrons. The highest BCUT2D eigenvalue weighted by Crippen LogP contribution is 2.20. The minimum atomic E-state index is -0.966. The zero-order valence-corrected chi connectivity index (χ0v) is 7.79. The highest BCUT2D eigenvalue weighted by atomic mass is 16.4. The maximum absolute atomic E-state index is 10.5. The first-order valence-corrected chi connectivity index (χ1v) is 4.26. The number of hydrogen-bond donors (Lipinski definition) is 2. The Labute approximate surface area is 77.5 Å². The molecule has 4 nitrogen and oxygen atoms in total. The smallest absolute Gasteiger partial charge is 0.332 e. The summed E-state index contributed by atoms with van der Waals surface area (Å²) in [6, 6.07) is 0. The van der Waals surface area contributed by atoms with Gasteiger partial charge in [-0.1, -0.05) is 6.58 Å². The summed E-state index contributed by atoms with van der Waals surface area (Å²) in [7, 11) is 0. The second-order valence-corrected chi connectivity index (χ2v) is 3.87. The molecule has 1 fully saturated rings. The molecule has 0 aromatic rings. The van der Waals surface area contributed by atoms with Gasteiger partial charge in [-0.25, -0.2) is 4.79 Å². The van der Waals surface area contributed by atoms with E-state index in [4.69, 9.17) is 5.11 Å². The van der Waals surface area contributed by atoms with Gasteiger partial charge in [0, 0.05) is 25.2 Å². The van der Waals surface area contributed by atoms with Crippen LogP contribution >= 0.6 is 0 Å². The summed E-state index contributed by atoms with van der Waals surface area (Å²) in [4.78, 5) is 12.4. The Balaban J connectivity index is 2.41. The second kappa shape index (κ2) is 3.47. The molecule has 0 aliphatic carbocycles. The summed E-state index contributed by atoms with van der Waals surface area (Å²) < 4.78 is 0. The van der Waals surface area contributed by atoms with E-state index < -0.39 is 11.6 Å². The van der Waals surface area contributed by atoms with Crippen molar-refractivity contribution in [2.45, 2.75) is 18.9 Å². The molecular formula is C9H15NO3. The molecule has 1 rings (SSSR count). The lowest BCUT2D eigenvalue weighted by Crippen LogP contribution is -2.31. The summed E-state index contributed by atoms with van der Waals surface area (Å²) in [5.41, 5.74) is -0.489. The fourth-order valence-electron chi connectivity index (χ4n) is 1.51. The van der Waals surface area contributed by atoms with Crippen LogP contribution in [0, 0.1) is 0 Å². The average Bonchev–Trinajstić information content (AvgIpc) is 2.30. The van der Waals surface area contributed by atoms with Crippen LogP contribution in [0.25, 0.3) is 0 Å². The lowest BCUT2D eigenvalue weighted by atomic mass is 10.1. The lowest BCUT2D eigenvalue weighted by Gasteiger charge is -2.18. The number of carboxylic acids is 1. The van der Waals surface area contributed by atoms with E-state index >= 15 is 0 Å². The van der Waals surface area contributed by atoms with Gasteiger partial charge in [0.15, 0.2) is 0 Å². The molecule has 1 atom stereocenters. The highest BCUT2D eigenvalue weighted by Gasteiger charge is 2.31. The molecule has 0 aromatic heterocycles. The van der Waals surface area contributed by atoms with Crippen LogP contribution in [0.15, 0.2) is 12.2 Å². The van der Waals surface area contributed by atoms with Crippen molar-refractivity contribution in [3.63, 3.8) is 0 Å². The predicted molar refractivity (Wildman–Crippen MR) is 48.5 cm³/mol. The van der Waals surface area contributed by atoms with Crippen LogP contribution < -0.4 is 0 Å². The van der Waals surface area contributed by atoms with Gasteiger partial charge in [0.05, 0.1) is 5.60 Å². The van der Waals surface area contributed by atoms with Crippen molar-refractivity contribution in [1.82, 2.24) is 4.90 Å². The summed E-state index contributed by atoms with van der Waals surface area (Å²) in [5.74, 6) is -0.966. The van der Waals surface area contributed by atoms with Gasteiger partial charge >= 0.3 is 5.97 Å². The first-order valence-electron chi connectivity index (χ1n) is 4.26. The Kier molecular flexibility index (Phi) is 2.73. The van der Waals surface area contributed by atoms with Crippen molar-refractivity contribution in [3.05, 3.63) is 12.2 Å². The molecule has 0 radical (unpaired) electrons. The summed E-state index contributed by atoms with van der Waals surface area (Å²) in [6.45, 7) is 6.80. The molecule has 0 spiro atoms. The van der Waals surface area contributed by atoms with E-state index in [0.717, 1.165) is 6.54 Å². The van der Waals surface area contributed by atoms with E-state index in [1.165, 1.54) is 0 Å². The fourth-order valence-corrected chi connectivity index (χ4v) is 1.51. The maximum Gasteiger partial charge on any atom is 0.332 e. The topological polar surface area (TPSA) is 60.8 Å². The van der Waals surface area contributed by atoms with Crippen LogP contribution in [0.5, 0.6) is 0 Å². The number of rotatable bonds is 3. The first-order chi connectivity index (χ1) is 5.91. The van der Waals surface area contributed by atoms with E-state index in [1.54, 1.807) is 6.92 Å². The zero-order valence-electron chi connectivity index (χ0n) is 7.79. The van der Waals surface area contributed by atoms with Crippen LogP contribution in [0.3, 0.4) is 0 Å². The Bertz CT molecular complexity index is 235. The molecule has 1 saturated heterocycles. The number of carboxylic acid groups (broad SMARTS) is 1. The molecule has 0 aromatic carbocycles. The van der Waals surface area contributed by atoms with Gasteiger partial charge in [-0.05, 0) is 13.3 Å². The first kappa shape index (κ1) is 10.2. The molecule has 0 saturated carbocycles. The standard InChI is InChI=1S/C9H15NO3/c1-7(8(11)12)5-10-4-3-9(2,13)6-10/h13H,1,3-6H2,2H3,(H,11,12). The van der Waals surface area contributed by atoms with Crippen molar-refractivity contribution in [3.8, 4) is 0 Å². The monoisotopic (exact) mass is 185 g/mol. The van der Waals surface area contributed by atoms with Gasteiger partial charge in [0.1, 0.15) is 0 Å². The lowest BCUT2D eigenvalue weighted by molar-refractivity contribution is -0.132. The third kappa shape index (κ3) is 2.82. The van der Waals surface area contributed by atoms with Crippen molar-refractivity contribution >= 4 is 5.97 Å². The maximum atomic E-state index is 10.5. The van der Waals surface area contributed by atoms with Crippen LogP contribution in [-0.2, 0) is 4.79 Å². The Morgan fingerprint density at radius 1 is 1.69 bits per heavy atom. The van der Waals surface area contributed by atoms with E-state index in [0.29, 0.717) is 19.5 Å². The van der Waals surface area contributed by atoms with Gasteiger partial charge in [-0.15, -0.1) is 0 Å². The summed E-state index contributed by atoms with van der Waals surface area (Å²) in [5, 5.41) is 18.2. The van der Waals surface area contributed by atoms with Gasteiger partial charge in [0.2, 0.25) is 0 Å². The molecule has 0 amide bonds. The summed E-state index contributed by atoms with van der Waals surface area (Å²) in [6.07, 6.45) is 0.694. The Morgan fingerprint density at radius 2 is 2.31 bits per heavy atom. The van der Waals surface area contributed by atoms with Crippen LogP contribution in [0.1, 0.15) is 13.3 Å². The molecule has 1 heterocycles. The van der Waals surface area contributed by atoms with E-state index in [-0.39, 0.29) is 5.57 Å². The quantitative estimate of drug-likeness (QED) is 0.611. The van der Waals surface area contributed by atoms with Gasteiger partial charge in [-0.2, -0.15) is 0 Å². The van der Waals surface area contributed by atoms with Crippen LogP contribution in [0.2, 0.25) is 0 Å². The van der Waals surface area contributed by atoms with Crippen molar-refractivity contribution in [2.75, 3.05) is 19.6 Å². The minimum absolute atomic E-state index is 0.178. The Morgan fingerprint density at radius 3 is 2.69 bits per heavy atom. The highest BCUT2D eigenvalue weighted by molar-refractivity contribution is 5.86. The van der Waals surface area contributed by atoms with Gasteiger partial charge in [0.25, 0.3) is 0 Å². The third-order valence-electron chi connectivity index (χ3n) is 2.25. The molecule has 13 heavy (non-hydrogen) atoms. The van der Waals surface area contributed by atoms with Crippen LogP contribution in [-0.4, -0.2) is 46.3 Å². The molecule has 1 unspecified atom stereocenters. The number of likely N-dealkylation sites (tertiary alicyclic amines) is 1. The predicted octanol–water partition coefficient (Wildman–Crippen LogP) is 0.0839. The second-order valence-electron chi connectivity index (χ2n) is 3.87. The van der Waals surface area contributed by atoms with Crippen molar-refractivity contribution in [1.29, 1.82) is 0 Å². The third-order valence-corrected chi connectivity index (χ3v) is 2.25. The fraction of sp³-hybridized carbons (Fsp3) is 0.667. The molecule has 4 heteroatoms. The van der Waals surface area contributed by atoms with Gasteiger partial charge in [-0.3, -0.25) is 4.90 Å². The average molecular weight is 185 g/mol. The Hall–Kier alpha value is -0.870. The molecular weight excluding hydrogens is 170 g/mol. The molecule has 2 N–H and O–H groups in total. The van der Waals surface area contributed by atoms with Crippen molar-refractivity contribution < 1.29 is 15.0 Å². The molecule has 0 bridgehead atoms. The largest absolute Gasteiger partial charge is 0.478 e. The SMILES string of the molecule is C=C(CN1CCC(C)(O)C1)C(=O)O. The summed E-state index contributed by atoms with van der Waals surface area (Å²) >= 11 is 0. The number of β-amino-alcohol motifs (C(OH)–C–C–N with tert-alkyl or cyclic N) is 1. The van der Waals surface area contributed by atoms with Gasteiger partial charge < -0.3 is 10.2 Å².